The molecule has 0 unspecified atom stereocenters. The third kappa shape index (κ3) is 4.16. The first-order chi connectivity index (χ1) is 14.6. The maximum atomic E-state index is 14.1. The zero-order valence-electron chi connectivity index (χ0n) is 17.7. The second kappa shape index (κ2) is 7.77. The first-order valence-electron chi connectivity index (χ1n) is 10.1. The summed E-state index contributed by atoms with van der Waals surface area (Å²) < 4.78 is 29.6. The normalized spacial score (nSPS) is 13.8. The largest absolute Gasteiger partial charge is 0.340 e. The van der Waals surface area contributed by atoms with Crippen molar-refractivity contribution in [2.45, 2.75) is 39.4 Å². The van der Waals surface area contributed by atoms with E-state index in [-0.39, 0.29) is 17.5 Å². The Morgan fingerprint density at radius 3 is 2.48 bits per heavy atom. The number of rotatable bonds is 4. The number of carbonyl (C=O) groups is 1. The molecule has 1 aliphatic rings. The quantitative estimate of drug-likeness (QED) is 0.664. The molecule has 0 fully saturated rings. The van der Waals surface area contributed by atoms with Gasteiger partial charge < -0.3 is 20.5 Å². The highest BCUT2D eigenvalue weighted by molar-refractivity contribution is 5.85. The average Bonchev–Trinajstić information content (AvgIpc) is 3.07. The van der Waals surface area contributed by atoms with Gasteiger partial charge >= 0.3 is 0 Å². The van der Waals surface area contributed by atoms with Crippen molar-refractivity contribution in [1.82, 2.24) is 14.5 Å². The summed E-state index contributed by atoms with van der Waals surface area (Å²) in [6.45, 7) is 6.34. The summed E-state index contributed by atoms with van der Waals surface area (Å²) in [5.41, 5.74) is 7.48. The molecule has 0 aliphatic carbocycles. The molecule has 8 heteroatoms. The van der Waals surface area contributed by atoms with Crippen molar-refractivity contribution in [1.29, 1.82) is 0 Å². The highest BCUT2D eigenvalue weighted by Gasteiger charge is 2.32. The fourth-order valence-corrected chi connectivity index (χ4v) is 3.66. The van der Waals surface area contributed by atoms with Gasteiger partial charge in [-0.25, -0.2) is 13.8 Å². The molecule has 31 heavy (non-hydrogen) atoms. The summed E-state index contributed by atoms with van der Waals surface area (Å²) in [6, 6.07) is 11.0. The fraction of sp³-hybridized carbons (Fsp3) is 0.304. The van der Waals surface area contributed by atoms with Gasteiger partial charge in [-0.3, -0.25) is 4.79 Å². The van der Waals surface area contributed by atoms with Crippen molar-refractivity contribution < 1.29 is 13.6 Å². The van der Waals surface area contributed by atoms with E-state index >= 15 is 0 Å². The minimum absolute atomic E-state index is 0.153. The van der Waals surface area contributed by atoms with Gasteiger partial charge in [-0.05, 0) is 62.7 Å². The number of anilines is 2. The van der Waals surface area contributed by atoms with E-state index in [1.807, 2.05) is 4.57 Å². The number of hydrogen-bond donors (Lipinski definition) is 2. The number of hydrogen-bond acceptors (Lipinski definition) is 4. The molecule has 162 valence electrons. The molecule has 3 aromatic rings. The van der Waals surface area contributed by atoms with Crippen molar-refractivity contribution in [2.75, 3.05) is 11.9 Å². The van der Waals surface area contributed by atoms with Gasteiger partial charge in [0, 0.05) is 24.3 Å². The lowest BCUT2D eigenvalue weighted by Gasteiger charge is -2.33. The van der Waals surface area contributed by atoms with E-state index in [2.05, 4.69) is 5.32 Å². The van der Waals surface area contributed by atoms with Crippen LogP contribution in [0.2, 0.25) is 0 Å². The van der Waals surface area contributed by atoms with E-state index in [1.54, 1.807) is 49.9 Å². The molecule has 4 rings (SSSR count). The van der Waals surface area contributed by atoms with Crippen LogP contribution in [0.25, 0.3) is 11.3 Å². The standard InChI is InChI=1S/C23H25F2N5O/c1-14-4-9-17(12-18(14)25)27-21-20(15-5-7-16(24)8-6-15)28-19-13-29(10-11-30(19)21)22(31)23(2,3)26/h4-9,12,27H,10-11,13,26H2,1-3H3. The Morgan fingerprint density at radius 1 is 1.13 bits per heavy atom. The second-order valence-electron chi connectivity index (χ2n) is 8.42. The number of aryl methyl sites for hydroxylation is 1. The lowest BCUT2D eigenvalue weighted by Crippen LogP contribution is -2.52. The van der Waals surface area contributed by atoms with Crippen molar-refractivity contribution in [3.05, 3.63) is 65.5 Å². The van der Waals surface area contributed by atoms with Gasteiger partial charge in [0.05, 0.1) is 12.1 Å². The lowest BCUT2D eigenvalue weighted by atomic mass is 10.1. The smallest absolute Gasteiger partial charge is 0.242 e. The van der Waals surface area contributed by atoms with Crippen LogP contribution in [0.4, 0.5) is 20.3 Å². The molecule has 0 radical (unpaired) electrons. The highest BCUT2D eigenvalue weighted by atomic mass is 19.1. The van der Waals surface area contributed by atoms with Crippen LogP contribution in [-0.2, 0) is 17.9 Å². The van der Waals surface area contributed by atoms with Crippen molar-refractivity contribution in [3.8, 4) is 11.3 Å². The predicted molar refractivity (Wildman–Crippen MR) is 116 cm³/mol. The van der Waals surface area contributed by atoms with Gasteiger partial charge in [-0.2, -0.15) is 0 Å². The van der Waals surface area contributed by atoms with E-state index in [0.717, 1.165) is 5.56 Å². The molecule has 3 N–H and O–H groups in total. The van der Waals surface area contributed by atoms with Crippen molar-refractivity contribution in [2.24, 2.45) is 5.73 Å². The minimum atomic E-state index is -0.977. The maximum Gasteiger partial charge on any atom is 0.242 e. The second-order valence-corrected chi connectivity index (χ2v) is 8.42. The molecule has 0 bridgehead atoms. The summed E-state index contributed by atoms with van der Waals surface area (Å²) in [4.78, 5) is 19.1. The molecule has 0 saturated heterocycles. The Hall–Kier alpha value is -3.26. The first kappa shape index (κ1) is 21.0. The number of nitrogens with zero attached hydrogens (tertiary/aromatic N) is 3. The SMILES string of the molecule is Cc1ccc(Nc2c(-c3ccc(F)cc3)nc3n2CCN(C(=O)C(C)(C)N)C3)cc1F. The van der Waals surface area contributed by atoms with Gasteiger partial charge in [-0.1, -0.05) is 6.07 Å². The molecular formula is C23H25F2N5O. The van der Waals surface area contributed by atoms with E-state index in [0.29, 0.717) is 48.2 Å². The van der Waals surface area contributed by atoms with Gasteiger partial charge in [0.1, 0.15) is 29.0 Å². The summed E-state index contributed by atoms with van der Waals surface area (Å²) in [7, 11) is 0. The molecule has 1 amide bonds. The molecule has 0 saturated carbocycles. The summed E-state index contributed by atoms with van der Waals surface area (Å²) in [5.74, 6) is 0.542. The predicted octanol–water partition coefficient (Wildman–Crippen LogP) is 3.96. The third-order valence-corrected chi connectivity index (χ3v) is 5.36. The summed E-state index contributed by atoms with van der Waals surface area (Å²) in [6.07, 6.45) is 0. The zero-order chi connectivity index (χ0) is 22.3. The average molecular weight is 425 g/mol. The van der Waals surface area contributed by atoms with Crippen LogP contribution in [-0.4, -0.2) is 32.4 Å². The van der Waals surface area contributed by atoms with Crippen LogP contribution < -0.4 is 11.1 Å². The number of nitrogens with one attached hydrogen (secondary N) is 1. The lowest BCUT2D eigenvalue weighted by molar-refractivity contribution is -0.137. The van der Waals surface area contributed by atoms with Crippen LogP contribution in [0.5, 0.6) is 0 Å². The van der Waals surface area contributed by atoms with Crippen molar-refractivity contribution >= 4 is 17.4 Å². The van der Waals surface area contributed by atoms with Gasteiger partial charge in [0.25, 0.3) is 0 Å². The Kier molecular flexibility index (Phi) is 5.26. The number of benzene rings is 2. The summed E-state index contributed by atoms with van der Waals surface area (Å²) in [5, 5.41) is 3.27. The van der Waals surface area contributed by atoms with Crippen LogP contribution in [0.1, 0.15) is 25.2 Å². The van der Waals surface area contributed by atoms with E-state index in [1.165, 1.54) is 18.2 Å². The van der Waals surface area contributed by atoms with Crippen LogP contribution in [0.15, 0.2) is 42.5 Å². The number of fused-ring (bicyclic) bond motifs is 1. The molecule has 2 heterocycles. The Bertz CT molecular complexity index is 1130. The molecule has 1 aromatic heterocycles. The van der Waals surface area contributed by atoms with Gasteiger partial charge in [0.15, 0.2) is 0 Å². The fourth-order valence-electron chi connectivity index (χ4n) is 3.66. The van der Waals surface area contributed by atoms with Crippen molar-refractivity contribution in [3.63, 3.8) is 0 Å². The number of imidazole rings is 1. The molecule has 1 aliphatic heterocycles. The molecule has 2 aromatic carbocycles. The Morgan fingerprint density at radius 2 is 1.84 bits per heavy atom. The van der Waals surface area contributed by atoms with Crippen LogP contribution >= 0.6 is 0 Å². The number of carbonyl (C=O) groups excluding carboxylic acids is 1. The van der Waals surface area contributed by atoms with Crippen LogP contribution in [0.3, 0.4) is 0 Å². The minimum Gasteiger partial charge on any atom is -0.340 e. The third-order valence-electron chi connectivity index (χ3n) is 5.36. The molecule has 6 nitrogen and oxygen atoms in total. The number of nitrogens with two attached hydrogens (primary N) is 1. The molecule has 0 atom stereocenters. The summed E-state index contributed by atoms with van der Waals surface area (Å²) >= 11 is 0. The number of amides is 1. The maximum absolute atomic E-state index is 14.1. The van der Waals surface area contributed by atoms with Gasteiger partial charge in [-0.15, -0.1) is 0 Å². The van der Waals surface area contributed by atoms with E-state index < -0.39 is 5.54 Å². The number of aromatic nitrogens is 2. The topological polar surface area (TPSA) is 76.2 Å². The highest BCUT2D eigenvalue weighted by Crippen LogP contribution is 2.34. The molecule has 0 spiro atoms. The Balaban J connectivity index is 1.76. The number of halogens is 2. The molecular weight excluding hydrogens is 400 g/mol. The first-order valence-corrected chi connectivity index (χ1v) is 10.1. The van der Waals surface area contributed by atoms with Gasteiger partial charge in [0.2, 0.25) is 5.91 Å². The van der Waals surface area contributed by atoms with Crippen LogP contribution in [0, 0.1) is 18.6 Å². The monoisotopic (exact) mass is 425 g/mol. The van der Waals surface area contributed by atoms with E-state index in [9.17, 15) is 13.6 Å². The zero-order valence-corrected chi connectivity index (χ0v) is 17.7. The van der Waals surface area contributed by atoms with E-state index in [4.69, 9.17) is 10.7 Å². The Labute approximate surface area is 179 Å².